The van der Waals surface area contributed by atoms with E-state index >= 15 is 0 Å². The van der Waals surface area contributed by atoms with Gasteiger partial charge in [-0.3, -0.25) is 4.90 Å². The van der Waals surface area contributed by atoms with Gasteiger partial charge in [0.2, 0.25) is 0 Å². The van der Waals surface area contributed by atoms with Gasteiger partial charge in [0, 0.05) is 25.7 Å². The average molecular weight is 256 g/mol. The molecule has 0 amide bonds. The molecule has 3 nitrogen and oxygen atoms in total. The van der Waals surface area contributed by atoms with Crippen molar-refractivity contribution in [2.75, 3.05) is 33.4 Å². The lowest BCUT2D eigenvalue weighted by Crippen LogP contribution is -2.38. The van der Waals surface area contributed by atoms with Gasteiger partial charge in [-0.2, -0.15) is 0 Å². The second kappa shape index (κ2) is 9.76. The Bertz CT molecular complexity index is 193. The summed E-state index contributed by atoms with van der Waals surface area (Å²) in [6, 6.07) is 1.46. The molecule has 0 aliphatic carbocycles. The summed E-state index contributed by atoms with van der Waals surface area (Å²) in [4.78, 5) is 2.58. The molecule has 1 aliphatic heterocycles. The van der Waals surface area contributed by atoms with Crippen LogP contribution >= 0.6 is 0 Å². The lowest BCUT2D eigenvalue weighted by atomic mass is 10.0. The molecule has 2 atom stereocenters. The van der Waals surface area contributed by atoms with E-state index in [0.717, 1.165) is 19.2 Å². The Labute approximate surface area is 113 Å². The highest BCUT2D eigenvalue weighted by Gasteiger charge is 2.15. The molecule has 0 aromatic rings. The molecule has 1 heterocycles. The van der Waals surface area contributed by atoms with Crippen LogP contribution in [0.3, 0.4) is 0 Å². The average Bonchev–Trinajstić information content (AvgIpc) is 2.43. The van der Waals surface area contributed by atoms with Crippen LogP contribution in [0.25, 0.3) is 0 Å². The van der Waals surface area contributed by atoms with Crippen molar-refractivity contribution in [3.8, 4) is 0 Å². The first-order valence-corrected chi connectivity index (χ1v) is 7.74. The van der Waals surface area contributed by atoms with Gasteiger partial charge in [-0.25, -0.2) is 0 Å². The first kappa shape index (κ1) is 15.9. The standard InChI is InChI=1S/C15H32N2O/c1-4-14(2)17(12-13-18-3)11-7-9-15-8-5-6-10-16-15/h14-16H,4-13H2,1-3H3. The number of piperidine rings is 1. The van der Waals surface area contributed by atoms with Gasteiger partial charge in [0.1, 0.15) is 0 Å². The quantitative estimate of drug-likeness (QED) is 0.686. The van der Waals surface area contributed by atoms with E-state index in [9.17, 15) is 0 Å². The fourth-order valence-electron chi connectivity index (χ4n) is 2.73. The summed E-state index contributed by atoms with van der Waals surface area (Å²) in [7, 11) is 1.79. The van der Waals surface area contributed by atoms with Gasteiger partial charge in [-0.05, 0) is 52.1 Å². The summed E-state index contributed by atoms with van der Waals surface area (Å²) in [5, 5.41) is 3.64. The fraction of sp³-hybridized carbons (Fsp3) is 1.00. The number of nitrogens with zero attached hydrogens (tertiary/aromatic N) is 1. The van der Waals surface area contributed by atoms with E-state index in [-0.39, 0.29) is 0 Å². The maximum Gasteiger partial charge on any atom is 0.0589 e. The minimum absolute atomic E-state index is 0.680. The third-order valence-electron chi connectivity index (χ3n) is 4.21. The SMILES string of the molecule is CCC(C)N(CCCC1CCCCN1)CCOC. The Morgan fingerprint density at radius 2 is 2.17 bits per heavy atom. The monoisotopic (exact) mass is 256 g/mol. The molecule has 1 aliphatic rings. The van der Waals surface area contributed by atoms with Gasteiger partial charge in [0.25, 0.3) is 0 Å². The molecule has 0 aromatic carbocycles. The second-order valence-electron chi connectivity index (χ2n) is 5.58. The summed E-state index contributed by atoms with van der Waals surface area (Å²) in [6.07, 6.45) is 8.03. The zero-order chi connectivity index (χ0) is 13.2. The van der Waals surface area contributed by atoms with Crippen LogP contribution in [0.2, 0.25) is 0 Å². The van der Waals surface area contributed by atoms with E-state index < -0.39 is 0 Å². The van der Waals surface area contributed by atoms with Gasteiger partial charge in [0.05, 0.1) is 6.61 Å². The molecule has 1 fully saturated rings. The first-order valence-electron chi connectivity index (χ1n) is 7.74. The minimum Gasteiger partial charge on any atom is -0.383 e. The topological polar surface area (TPSA) is 24.5 Å². The number of rotatable bonds is 9. The van der Waals surface area contributed by atoms with E-state index in [0.29, 0.717) is 6.04 Å². The molecule has 18 heavy (non-hydrogen) atoms. The van der Waals surface area contributed by atoms with Crippen LogP contribution in [0, 0.1) is 0 Å². The molecule has 0 aromatic heterocycles. The third-order valence-corrected chi connectivity index (χ3v) is 4.21. The highest BCUT2D eigenvalue weighted by Crippen LogP contribution is 2.13. The van der Waals surface area contributed by atoms with Gasteiger partial charge in [-0.1, -0.05) is 13.3 Å². The van der Waals surface area contributed by atoms with Crippen LogP contribution in [-0.2, 0) is 4.74 Å². The number of methoxy groups -OCH3 is 1. The van der Waals surface area contributed by atoms with Crippen molar-refractivity contribution in [2.45, 2.75) is 64.5 Å². The number of hydrogen-bond donors (Lipinski definition) is 1. The molecule has 0 spiro atoms. The lowest BCUT2D eigenvalue weighted by molar-refractivity contribution is 0.120. The predicted molar refractivity (Wildman–Crippen MR) is 78.1 cm³/mol. The summed E-state index contributed by atoms with van der Waals surface area (Å²) < 4.78 is 5.21. The summed E-state index contributed by atoms with van der Waals surface area (Å²) in [5.74, 6) is 0. The van der Waals surface area contributed by atoms with Crippen LogP contribution in [0.5, 0.6) is 0 Å². The highest BCUT2D eigenvalue weighted by atomic mass is 16.5. The van der Waals surface area contributed by atoms with Crippen molar-refractivity contribution < 1.29 is 4.74 Å². The predicted octanol–water partition coefficient (Wildman–Crippen LogP) is 2.66. The van der Waals surface area contributed by atoms with Crippen LogP contribution in [-0.4, -0.2) is 50.3 Å². The molecule has 0 bridgehead atoms. The smallest absolute Gasteiger partial charge is 0.0589 e. The van der Waals surface area contributed by atoms with Crippen LogP contribution in [0.4, 0.5) is 0 Å². The van der Waals surface area contributed by atoms with Crippen molar-refractivity contribution in [3.05, 3.63) is 0 Å². The van der Waals surface area contributed by atoms with Crippen molar-refractivity contribution in [1.82, 2.24) is 10.2 Å². The molecule has 1 saturated heterocycles. The molecule has 3 heteroatoms. The normalized spacial score (nSPS) is 22.3. The number of hydrogen-bond acceptors (Lipinski definition) is 3. The maximum atomic E-state index is 5.21. The van der Waals surface area contributed by atoms with E-state index in [1.165, 1.54) is 51.6 Å². The highest BCUT2D eigenvalue weighted by molar-refractivity contribution is 4.73. The number of ether oxygens (including phenoxy) is 1. The van der Waals surface area contributed by atoms with Crippen LogP contribution < -0.4 is 5.32 Å². The van der Waals surface area contributed by atoms with E-state index in [4.69, 9.17) is 4.74 Å². The summed E-state index contributed by atoms with van der Waals surface area (Å²) in [6.45, 7) is 8.97. The van der Waals surface area contributed by atoms with Crippen molar-refractivity contribution in [3.63, 3.8) is 0 Å². The summed E-state index contributed by atoms with van der Waals surface area (Å²) >= 11 is 0. The molecule has 108 valence electrons. The Kier molecular flexibility index (Phi) is 8.64. The molecule has 0 saturated carbocycles. The lowest BCUT2D eigenvalue weighted by Gasteiger charge is -2.29. The van der Waals surface area contributed by atoms with Crippen molar-refractivity contribution in [1.29, 1.82) is 0 Å². The molecular formula is C15H32N2O. The minimum atomic E-state index is 0.680. The fourth-order valence-corrected chi connectivity index (χ4v) is 2.73. The van der Waals surface area contributed by atoms with E-state index in [1.807, 2.05) is 0 Å². The molecule has 0 radical (unpaired) electrons. The molecule has 1 N–H and O–H groups in total. The van der Waals surface area contributed by atoms with Gasteiger partial charge in [0.15, 0.2) is 0 Å². The molecular weight excluding hydrogens is 224 g/mol. The maximum absolute atomic E-state index is 5.21. The Morgan fingerprint density at radius 1 is 1.33 bits per heavy atom. The largest absolute Gasteiger partial charge is 0.383 e. The Hall–Kier alpha value is -0.120. The molecule has 2 unspecified atom stereocenters. The third kappa shape index (κ3) is 6.17. The van der Waals surface area contributed by atoms with Gasteiger partial charge < -0.3 is 10.1 Å². The Balaban J connectivity index is 2.18. The first-order chi connectivity index (χ1) is 8.77. The van der Waals surface area contributed by atoms with Gasteiger partial charge >= 0.3 is 0 Å². The van der Waals surface area contributed by atoms with Gasteiger partial charge in [-0.15, -0.1) is 0 Å². The van der Waals surface area contributed by atoms with Crippen molar-refractivity contribution in [2.24, 2.45) is 0 Å². The summed E-state index contributed by atoms with van der Waals surface area (Å²) in [5.41, 5.74) is 0. The number of nitrogens with one attached hydrogen (secondary N) is 1. The zero-order valence-corrected chi connectivity index (χ0v) is 12.6. The molecule has 1 rings (SSSR count). The van der Waals surface area contributed by atoms with E-state index in [1.54, 1.807) is 7.11 Å². The van der Waals surface area contributed by atoms with Crippen LogP contribution in [0.15, 0.2) is 0 Å². The van der Waals surface area contributed by atoms with Crippen LogP contribution in [0.1, 0.15) is 52.4 Å². The second-order valence-corrected chi connectivity index (χ2v) is 5.58. The Morgan fingerprint density at radius 3 is 2.78 bits per heavy atom. The van der Waals surface area contributed by atoms with Crippen molar-refractivity contribution >= 4 is 0 Å². The van der Waals surface area contributed by atoms with E-state index in [2.05, 4.69) is 24.1 Å². The zero-order valence-electron chi connectivity index (χ0n) is 12.6.